The van der Waals surface area contributed by atoms with Crippen molar-refractivity contribution in [3.8, 4) is 11.5 Å². The number of aromatic nitrogens is 3. The zero-order valence-electron chi connectivity index (χ0n) is 12.0. The number of hydrogen-bond donors (Lipinski definition) is 1. The van der Waals surface area contributed by atoms with Crippen LogP contribution < -0.4 is 9.47 Å². The third kappa shape index (κ3) is 2.73. The number of rotatable bonds is 3. The molecule has 9 heteroatoms. The van der Waals surface area contributed by atoms with Gasteiger partial charge in [0.05, 0.1) is 11.2 Å². The molecule has 1 fully saturated rings. The zero-order chi connectivity index (χ0) is 15.8. The molecule has 0 unspecified atom stereocenters. The molecule has 0 radical (unpaired) electrons. The van der Waals surface area contributed by atoms with E-state index in [2.05, 4.69) is 15.3 Å². The Hall–Kier alpha value is -1.90. The van der Waals surface area contributed by atoms with Crippen LogP contribution in [0, 0.1) is 4.77 Å². The molecule has 0 amide bonds. The number of aromatic amines is 1. The third-order valence-corrected chi connectivity index (χ3v) is 4.21. The summed E-state index contributed by atoms with van der Waals surface area (Å²) in [6.07, 6.45) is 3.48. The Bertz CT molecular complexity index is 826. The summed E-state index contributed by atoms with van der Waals surface area (Å²) in [5.41, 5.74) is 0.778. The van der Waals surface area contributed by atoms with Gasteiger partial charge in [-0.2, -0.15) is 14.9 Å². The average molecular weight is 353 g/mol. The smallest absolute Gasteiger partial charge is 0.231 e. The number of H-pyrrole nitrogens is 1. The molecule has 7 nitrogen and oxygen atoms in total. The molecule has 1 aromatic heterocycles. The Balaban J connectivity index is 1.66. The molecule has 1 atom stereocenters. The molecule has 2 aromatic rings. The minimum atomic E-state index is -0.0829. The number of nitrogens with zero attached hydrogens (tertiary/aromatic N) is 3. The Morgan fingerprint density at radius 2 is 2.35 bits per heavy atom. The molecule has 3 heterocycles. The second-order valence-corrected chi connectivity index (χ2v) is 5.98. The van der Waals surface area contributed by atoms with Crippen LogP contribution in [0.1, 0.15) is 30.3 Å². The van der Waals surface area contributed by atoms with Gasteiger partial charge in [0.25, 0.3) is 0 Å². The van der Waals surface area contributed by atoms with Crippen LogP contribution in [0.15, 0.2) is 17.2 Å². The maximum Gasteiger partial charge on any atom is 0.231 e. The highest BCUT2D eigenvalue weighted by atomic mass is 35.5. The molecule has 0 spiro atoms. The molecule has 120 valence electrons. The van der Waals surface area contributed by atoms with Crippen molar-refractivity contribution in [3.63, 3.8) is 0 Å². The van der Waals surface area contributed by atoms with Gasteiger partial charge in [-0.05, 0) is 42.8 Å². The summed E-state index contributed by atoms with van der Waals surface area (Å²) in [6.45, 7) is 0.900. The summed E-state index contributed by atoms with van der Waals surface area (Å²) in [4.78, 5) is 0. The molecular weight excluding hydrogens is 340 g/mol. The molecule has 2 aliphatic rings. The second-order valence-electron chi connectivity index (χ2n) is 5.18. The first-order valence-electron chi connectivity index (χ1n) is 7.15. The molecule has 0 bridgehead atoms. The number of ether oxygens (including phenoxy) is 3. The number of benzene rings is 1. The summed E-state index contributed by atoms with van der Waals surface area (Å²) >= 11 is 11.4. The first-order valence-corrected chi connectivity index (χ1v) is 7.93. The van der Waals surface area contributed by atoms with Crippen molar-refractivity contribution in [3.05, 3.63) is 33.3 Å². The van der Waals surface area contributed by atoms with Gasteiger partial charge in [-0.25, -0.2) is 0 Å². The van der Waals surface area contributed by atoms with Crippen LogP contribution in [0.4, 0.5) is 0 Å². The van der Waals surface area contributed by atoms with Gasteiger partial charge < -0.3 is 14.2 Å². The molecule has 1 saturated heterocycles. The van der Waals surface area contributed by atoms with E-state index in [1.807, 2.05) is 6.07 Å². The molecule has 1 N–H and O–H groups in total. The topological polar surface area (TPSA) is 73.7 Å². The van der Waals surface area contributed by atoms with E-state index in [9.17, 15) is 0 Å². The first-order chi connectivity index (χ1) is 11.2. The van der Waals surface area contributed by atoms with Crippen molar-refractivity contribution >= 4 is 30.0 Å². The fraction of sp³-hybridized carbons (Fsp3) is 0.357. The fourth-order valence-corrected chi connectivity index (χ4v) is 3.05. The van der Waals surface area contributed by atoms with E-state index in [0.717, 1.165) is 25.0 Å². The van der Waals surface area contributed by atoms with Crippen LogP contribution in [-0.4, -0.2) is 34.5 Å². The predicted octanol–water partition coefficient (Wildman–Crippen LogP) is 3.06. The van der Waals surface area contributed by atoms with Gasteiger partial charge in [0.1, 0.15) is 6.10 Å². The van der Waals surface area contributed by atoms with E-state index < -0.39 is 0 Å². The third-order valence-electron chi connectivity index (χ3n) is 3.66. The van der Waals surface area contributed by atoms with Gasteiger partial charge in [-0.1, -0.05) is 11.6 Å². The highest BCUT2D eigenvalue weighted by Crippen LogP contribution is 2.39. The number of nitrogens with one attached hydrogen (secondary N) is 1. The van der Waals surface area contributed by atoms with E-state index in [-0.39, 0.29) is 12.9 Å². The molecule has 0 aliphatic carbocycles. The van der Waals surface area contributed by atoms with Crippen molar-refractivity contribution in [1.29, 1.82) is 0 Å². The summed E-state index contributed by atoms with van der Waals surface area (Å²) in [5, 5.41) is 11.9. The van der Waals surface area contributed by atoms with Crippen molar-refractivity contribution in [2.24, 2.45) is 5.10 Å². The lowest BCUT2D eigenvalue weighted by Gasteiger charge is -2.07. The minimum absolute atomic E-state index is 0.0829. The number of halogens is 1. The Kier molecular flexibility index (Phi) is 3.80. The lowest BCUT2D eigenvalue weighted by atomic mass is 10.2. The van der Waals surface area contributed by atoms with Gasteiger partial charge in [0.15, 0.2) is 17.3 Å². The van der Waals surface area contributed by atoms with E-state index in [1.54, 1.807) is 17.0 Å². The molecule has 1 aromatic carbocycles. The number of hydrogen-bond acceptors (Lipinski definition) is 6. The van der Waals surface area contributed by atoms with Crippen LogP contribution in [-0.2, 0) is 4.74 Å². The standard InChI is InChI=1S/C14H13ClN4O3S/c15-9-4-8(5-11-12(9)22-7-21-11)6-16-19-13(17-18-14(19)23)10-2-1-3-20-10/h4-6,10H,1-3,7H2,(H,18,23)/b16-6-/t10-/m1/s1. The molecule has 23 heavy (non-hydrogen) atoms. The van der Waals surface area contributed by atoms with Crippen LogP contribution >= 0.6 is 23.8 Å². The van der Waals surface area contributed by atoms with Crippen molar-refractivity contribution in [2.45, 2.75) is 18.9 Å². The molecule has 0 saturated carbocycles. The highest BCUT2D eigenvalue weighted by molar-refractivity contribution is 7.71. The molecule has 4 rings (SSSR count). The number of fused-ring (bicyclic) bond motifs is 1. The molecule has 2 aliphatic heterocycles. The van der Waals surface area contributed by atoms with Gasteiger partial charge in [-0.15, -0.1) is 0 Å². The SMILES string of the molecule is S=c1[nH]nc([C@H]2CCCO2)n1/N=C\c1cc(Cl)c2c(c1)OCO2. The largest absolute Gasteiger partial charge is 0.454 e. The summed E-state index contributed by atoms with van der Waals surface area (Å²) in [5.74, 6) is 1.84. The Morgan fingerprint density at radius 1 is 1.43 bits per heavy atom. The summed E-state index contributed by atoms with van der Waals surface area (Å²) in [7, 11) is 0. The Morgan fingerprint density at radius 3 is 3.17 bits per heavy atom. The monoisotopic (exact) mass is 352 g/mol. The maximum atomic E-state index is 6.17. The van der Waals surface area contributed by atoms with Crippen LogP contribution in [0.3, 0.4) is 0 Å². The lowest BCUT2D eigenvalue weighted by molar-refractivity contribution is 0.102. The van der Waals surface area contributed by atoms with Gasteiger partial charge in [0, 0.05) is 6.61 Å². The zero-order valence-corrected chi connectivity index (χ0v) is 13.6. The van der Waals surface area contributed by atoms with Crippen molar-refractivity contribution in [2.75, 3.05) is 13.4 Å². The minimum Gasteiger partial charge on any atom is -0.454 e. The van der Waals surface area contributed by atoms with Gasteiger partial charge in [-0.3, -0.25) is 5.10 Å². The van der Waals surface area contributed by atoms with E-state index in [1.165, 1.54) is 0 Å². The van der Waals surface area contributed by atoms with Gasteiger partial charge in [0.2, 0.25) is 11.6 Å². The summed E-state index contributed by atoms with van der Waals surface area (Å²) < 4.78 is 18.3. The van der Waals surface area contributed by atoms with Crippen LogP contribution in [0.5, 0.6) is 11.5 Å². The normalized spacial score (nSPS) is 19.8. The van der Waals surface area contributed by atoms with E-state index in [4.69, 9.17) is 38.0 Å². The van der Waals surface area contributed by atoms with Crippen molar-refractivity contribution in [1.82, 2.24) is 14.9 Å². The molecular formula is C14H13ClN4O3S. The highest BCUT2D eigenvalue weighted by Gasteiger charge is 2.23. The van der Waals surface area contributed by atoms with Crippen LogP contribution in [0.2, 0.25) is 5.02 Å². The first kappa shape index (κ1) is 14.7. The van der Waals surface area contributed by atoms with Gasteiger partial charge >= 0.3 is 0 Å². The Labute approximate surface area is 141 Å². The summed E-state index contributed by atoms with van der Waals surface area (Å²) in [6, 6.07) is 3.57. The fourth-order valence-electron chi connectivity index (χ4n) is 2.59. The predicted molar refractivity (Wildman–Crippen MR) is 85.9 cm³/mol. The van der Waals surface area contributed by atoms with E-state index >= 15 is 0 Å². The average Bonchev–Trinajstić information content (AvgIpc) is 3.25. The van der Waals surface area contributed by atoms with E-state index in [0.29, 0.717) is 27.1 Å². The lowest BCUT2D eigenvalue weighted by Crippen LogP contribution is -2.05. The van der Waals surface area contributed by atoms with Crippen LogP contribution in [0.25, 0.3) is 0 Å². The quantitative estimate of drug-likeness (QED) is 0.679. The second kappa shape index (κ2) is 5.95. The maximum absolute atomic E-state index is 6.17. The van der Waals surface area contributed by atoms with Crippen molar-refractivity contribution < 1.29 is 14.2 Å².